The van der Waals surface area contributed by atoms with Gasteiger partial charge in [-0.1, -0.05) is 13.8 Å². The zero-order valence-corrected chi connectivity index (χ0v) is 7.98. The van der Waals surface area contributed by atoms with Crippen molar-refractivity contribution in [1.82, 2.24) is 0 Å². The lowest BCUT2D eigenvalue weighted by Crippen LogP contribution is -2.13. The first-order valence-electron chi connectivity index (χ1n) is 4.04. The average molecular weight is 174 g/mol. The molecule has 0 aliphatic heterocycles. The summed E-state index contributed by atoms with van der Waals surface area (Å²) in [4.78, 5) is 11.1. The molecule has 0 amide bonds. The van der Waals surface area contributed by atoms with E-state index in [0.717, 1.165) is 0 Å². The Balaban J connectivity index is 4.55. The Kier molecular flexibility index (Phi) is 4.55. The maximum absolute atomic E-state index is 12.8. The van der Waals surface area contributed by atoms with Crippen molar-refractivity contribution in [2.75, 3.05) is 6.61 Å². The number of hydrogen-bond acceptors (Lipinski definition) is 2. The lowest BCUT2D eigenvalue weighted by molar-refractivity contribution is -0.139. The van der Waals surface area contributed by atoms with Crippen LogP contribution in [0.4, 0.5) is 4.39 Å². The third kappa shape index (κ3) is 3.03. The van der Waals surface area contributed by atoms with Gasteiger partial charge in [-0.2, -0.15) is 0 Å². The number of allylic oxidation sites excluding steroid dienone is 1. The topological polar surface area (TPSA) is 26.3 Å². The smallest absolute Gasteiger partial charge is 0.336 e. The van der Waals surface area contributed by atoms with Crippen LogP contribution in [0.5, 0.6) is 0 Å². The molecule has 0 bridgehead atoms. The lowest BCUT2D eigenvalue weighted by atomic mass is 10.0. The van der Waals surface area contributed by atoms with E-state index in [1.807, 2.05) is 0 Å². The van der Waals surface area contributed by atoms with E-state index in [1.165, 1.54) is 6.92 Å². The molecule has 0 aliphatic carbocycles. The van der Waals surface area contributed by atoms with Crippen LogP contribution in [0.25, 0.3) is 0 Å². The molecule has 0 N–H and O–H groups in total. The van der Waals surface area contributed by atoms with Gasteiger partial charge in [-0.15, -0.1) is 0 Å². The molecular weight excluding hydrogens is 159 g/mol. The Bertz CT molecular complexity index is 191. The van der Waals surface area contributed by atoms with Crippen LogP contribution in [-0.2, 0) is 9.53 Å². The number of esters is 1. The molecule has 0 unspecified atom stereocenters. The van der Waals surface area contributed by atoms with Crippen molar-refractivity contribution in [2.45, 2.75) is 27.7 Å². The van der Waals surface area contributed by atoms with Crippen molar-refractivity contribution in [3.63, 3.8) is 0 Å². The van der Waals surface area contributed by atoms with Gasteiger partial charge in [-0.25, -0.2) is 9.18 Å². The lowest BCUT2D eigenvalue weighted by Gasteiger charge is -2.09. The summed E-state index contributed by atoms with van der Waals surface area (Å²) >= 11 is 0. The van der Waals surface area contributed by atoms with Gasteiger partial charge in [0.1, 0.15) is 5.83 Å². The number of hydrogen-bond donors (Lipinski definition) is 0. The summed E-state index contributed by atoms with van der Waals surface area (Å²) in [7, 11) is 0. The highest BCUT2D eigenvalue weighted by Crippen LogP contribution is 2.17. The Labute approximate surface area is 72.4 Å². The monoisotopic (exact) mass is 174 g/mol. The molecule has 0 aromatic carbocycles. The minimum absolute atomic E-state index is 0.131. The summed E-state index contributed by atoms with van der Waals surface area (Å²) in [6.45, 7) is 6.77. The van der Waals surface area contributed by atoms with Crippen LogP contribution < -0.4 is 0 Å². The fraction of sp³-hybridized carbons (Fsp3) is 0.667. The third-order valence-corrected chi connectivity index (χ3v) is 1.44. The third-order valence-electron chi connectivity index (χ3n) is 1.44. The molecule has 12 heavy (non-hydrogen) atoms. The van der Waals surface area contributed by atoms with Crippen molar-refractivity contribution in [3.05, 3.63) is 11.4 Å². The fourth-order valence-electron chi connectivity index (χ4n) is 0.983. The summed E-state index contributed by atoms with van der Waals surface area (Å²) in [6.07, 6.45) is 0. The van der Waals surface area contributed by atoms with Crippen LogP contribution in [0.15, 0.2) is 11.4 Å². The summed E-state index contributed by atoms with van der Waals surface area (Å²) in [5.41, 5.74) is 0.136. The zero-order valence-electron chi connectivity index (χ0n) is 7.98. The van der Waals surface area contributed by atoms with E-state index in [4.69, 9.17) is 0 Å². The van der Waals surface area contributed by atoms with Crippen molar-refractivity contribution >= 4 is 5.97 Å². The van der Waals surface area contributed by atoms with Crippen molar-refractivity contribution < 1.29 is 13.9 Å². The molecule has 3 heteroatoms. The number of carbonyl (C=O) groups excluding carboxylic acids is 1. The zero-order chi connectivity index (χ0) is 9.72. The largest absolute Gasteiger partial charge is 0.463 e. The molecule has 0 heterocycles. The summed E-state index contributed by atoms with van der Waals surface area (Å²) < 4.78 is 17.5. The van der Waals surface area contributed by atoms with Crippen molar-refractivity contribution in [1.29, 1.82) is 0 Å². The van der Waals surface area contributed by atoms with E-state index in [2.05, 4.69) is 4.74 Å². The van der Waals surface area contributed by atoms with Crippen molar-refractivity contribution in [3.8, 4) is 0 Å². The summed E-state index contributed by atoms with van der Waals surface area (Å²) in [5.74, 6) is -1.13. The molecule has 0 aromatic heterocycles. The molecule has 2 nitrogen and oxygen atoms in total. The van der Waals surface area contributed by atoms with Crippen LogP contribution in [0.1, 0.15) is 27.7 Å². The first-order valence-corrected chi connectivity index (χ1v) is 4.04. The summed E-state index contributed by atoms with van der Waals surface area (Å²) in [5, 5.41) is 0. The van der Waals surface area contributed by atoms with Gasteiger partial charge < -0.3 is 4.74 Å². The van der Waals surface area contributed by atoms with Gasteiger partial charge in [0.2, 0.25) is 0 Å². The molecule has 0 spiro atoms. The highest BCUT2D eigenvalue weighted by molar-refractivity contribution is 5.89. The summed E-state index contributed by atoms with van der Waals surface area (Å²) in [6, 6.07) is 0. The normalized spacial score (nSPS) is 12.8. The number of halogens is 1. The molecule has 0 radical (unpaired) electrons. The highest BCUT2D eigenvalue weighted by Gasteiger charge is 2.17. The molecule has 0 rings (SSSR count). The van der Waals surface area contributed by atoms with Crippen LogP contribution in [-0.4, -0.2) is 12.6 Å². The quantitative estimate of drug-likeness (QED) is 0.485. The minimum Gasteiger partial charge on any atom is -0.463 e. The molecule has 0 atom stereocenters. The van der Waals surface area contributed by atoms with Crippen LogP contribution in [0, 0.1) is 5.92 Å². The predicted molar refractivity (Wildman–Crippen MR) is 45.3 cm³/mol. The predicted octanol–water partition coefficient (Wildman–Crippen LogP) is 2.45. The highest BCUT2D eigenvalue weighted by atomic mass is 19.1. The SMILES string of the molecule is CCOC(=O)/C(=C(\C)F)C(C)C. The Morgan fingerprint density at radius 3 is 2.25 bits per heavy atom. The standard InChI is InChI=1S/C9H15FO2/c1-5-12-9(11)8(6(2)3)7(4)10/h6H,5H2,1-4H3/b8-7+. The second-order valence-electron chi connectivity index (χ2n) is 2.82. The van der Waals surface area contributed by atoms with Crippen LogP contribution >= 0.6 is 0 Å². The Hall–Kier alpha value is -0.860. The van der Waals surface area contributed by atoms with E-state index in [0.29, 0.717) is 0 Å². The van der Waals surface area contributed by atoms with Gasteiger partial charge in [-0.05, 0) is 19.8 Å². The number of carbonyl (C=O) groups is 1. The molecular formula is C9H15FO2. The minimum atomic E-state index is -0.549. The molecule has 0 aromatic rings. The number of ether oxygens (including phenoxy) is 1. The van der Waals surface area contributed by atoms with Gasteiger partial charge in [0.05, 0.1) is 12.2 Å². The maximum atomic E-state index is 12.8. The molecule has 0 saturated carbocycles. The van der Waals surface area contributed by atoms with E-state index in [1.54, 1.807) is 20.8 Å². The number of rotatable bonds is 3. The molecule has 0 aliphatic rings. The van der Waals surface area contributed by atoms with Gasteiger partial charge in [-0.3, -0.25) is 0 Å². The van der Waals surface area contributed by atoms with Crippen LogP contribution in [0.2, 0.25) is 0 Å². The van der Waals surface area contributed by atoms with E-state index in [9.17, 15) is 9.18 Å². The molecule has 0 saturated heterocycles. The second kappa shape index (κ2) is 4.91. The van der Waals surface area contributed by atoms with E-state index in [-0.39, 0.29) is 18.1 Å². The molecule has 0 fully saturated rings. The van der Waals surface area contributed by atoms with Gasteiger partial charge in [0.25, 0.3) is 0 Å². The van der Waals surface area contributed by atoms with Crippen molar-refractivity contribution in [2.24, 2.45) is 5.92 Å². The fourth-order valence-corrected chi connectivity index (χ4v) is 0.983. The van der Waals surface area contributed by atoms with E-state index < -0.39 is 11.8 Å². The maximum Gasteiger partial charge on any atom is 0.336 e. The Morgan fingerprint density at radius 2 is 2.00 bits per heavy atom. The van der Waals surface area contributed by atoms with Gasteiger partial charge >= 0.3 is 5.97 Å². The second-order valence-corrected chi connectivity index (χ2v) is 2.82. The first-order chi connectivity index (χ1) is 5.50. The molecule has 70 valence electrons. The van der Waals surface area contributed by atoms with Gasteiger partial charge in [0.15, 0.2) is 0 Å². The first kappa shape index (κ1) is 11.1. The Morgan fingerprint density at radius 1 is 1.50 bits per heavy atom. The van der Waals surface area contributed by atoms with Gasteiger partial charge in [0, 0.05) is 0 Å². The average Bonchev–Trinajstić information content (AvgIpc) is 1.85. The van der Waals surface area contributed by atoms with Crippen LogP contribution in [0.3, 0.4) is 0 Å². The van der Waals surface area contributed by atoms with E-state index >= 15 is 0 Å².